The predicted octanol–water partition coefficient (Wildman–Crippen LogP) is 1.71. The second-order valence-corrected chi connectivity index (χ2v) is 3.84. The van der Waals surface area contributed by atoms with Crippen LogP contribution in [0.1, 0.15) is 11.1 Å². The van der Waals surface area contributed by atoms with E-state index in [9.17, 15) is 0 Å². The molecule has 0 bridgehead atoms. The highest BCUT2D eigenvalue weighted by Crippen LogP contribution is 2.20. The number of halogens is 1. The van der Waals surface area contributed by atoms with Gasteiger partial charge in [-0.1, -0.05) is 23.7 Å². The van der Waals surface area contributed by atoms with Crippen molar-refractivity contribution in [2.24, 2.45) is 0 Å². The SMILES string of the molecule is N=C(c1ccc(Cl)cc1)c1c(N)ncnc1N. The number of aromatic nitrogens is 2. The Balaban J connectivity index is 2.47. The third-order valence-corrected chi connectivity index (χ3v) is 2.54. The smallest absolute Gasteiger partial charge is 0.138 e. The molecule has 0 unspecified atom stereocenters. The van der Waals surface area contributed by atoms with E-state index in [-0.39, 0.29) is 17.3 Å². The number of nitrogens with zero attached hydrogens (tertiary/aromatic N) is 2. The highest BCUT2D eigenvalue weighted by molar-refractivity contribution is 6.30. The molecule has 0 radical (unpaired) electrons. The van der Waals surface area contributed by atoms with Gasteiger partial charge in [0.15, 0.2) is 0 Å². The number of benzene rings is 1. The number of rotatable bonds is 2. The zero-order valence-corrected chi connectivity index (χ0v) is 9.57. The van der Waals surface area contributed by atoms with E-state index in [2.05, 4.69) is 9.97 Å². The summed E-state index contributed by atoms with van der Waals surface area (Å²) in [6.45, 7) is 0. The summed E-state index contributed by atoms with van der Waals surface area (Å²) in [7, 11) is 0. The van der Waals surface area contributed by atoms with Crippen LogP contribution >= 0.6 is 11.6 Å². The molecule has 1 heterocycles. The van der Waals surface area contributed by atoms with Crippen LogP contribution < -0.4 is 11.5 Å². The summed E-state index contributed by atoms with van der Waals surface area (Å²) in [5.41, 5.74) is 12.6. The monoisotopic (exact) mass is 247 g/mol. The quantitative estimate of drug-likeness (QED) is 0.703. The lowest BCUT2D eigenvalue weighted by Gasteiger charge is -2.08. The normalized spacial score (nSPS) is 10.2. The van der Waals surface area contributed by atoms with Gasteiger partial charge in [0.2, 0.25) is 0 Å². The molecule has 0 aliphatic carbocycles. The lowest BCUT2D eigenvalue weighted by atomic mass is 10.0. The van der Waals surface area contributed by atoms with Gasteiger partial charge in [0.1, 0.15) is 18.0 Å². The highest BCUT2D eigenvalue weighted by Gasteiger charge is 2.13. The molecule has 1 aromatic carbocycles. The molecule has 0 saturated carbocycles. The number of nitrogens with two attached hydrogens (primary N) is 2. The van der Waals surface area contributed by atoms with Crippen LogP contribution in [0.5, 0.6) is 0 Å². The van der Waals surface area contributed by atoms with E-state index in [1.54, 1.807) is 24.3 Å². The Morgan fingerprint density at radius 2 is 1.59 bits per heavy atom. The summed E-state index contributed by atoms with van der Waals surface area (Å²) >= 11 is 5.78. The molecule has 0 atom stereocenters. The van der Waals surface area contributed by atoms with Crippen LogP contribution in [0.3, 0.4) is 0 Å². The van der Waals surface area contributed by atoms with E-state index in [4.69, 9.17) is 28.5 Å². The number of nitrogen functional groups attached to an aromatic ring is 2. The Morgan fingerprint density at radius 3 is 2.12 bits per heavy atom. The molecule has 5 nitrogen and oxygen atoms in total. The van der Waals surface area contributed by atoms with Crippen molar-refractivity contribution in [3.05, 3.63) is 46.7 Å². The van der Waals surface area contributed by atoms with Gasteiger partial charge in [-0.15, -0.1) is 0 Å². The van der Waals surface area contributed by atoms with Gasteiger partial charge in [-0.2, -0.15) is 0 Å². The second kappa shape index (κ2) is 4.39. The molecule has 5 N–H and O–H groups in total. The van der Waals surface area contributed by atoms with Gasteiger partial charge in [0.05, 0.1) is 11.3 Å². The zero-order valence-electron chi connectivity index (χ0n) is 8.81. The minimum Gasteiger partial charge on any atom is -0.383 e. The minimum absolute atomic E-state index is 0.178. The van der Waals surface area contributed by atoms with E-state index in [1.807, 2.05) is 0 Å². The number of anilines is 2. The Bertz CT molecular complexity index is 544. The summed E-state index contributed by atoms with van der Waals surface area (Å²) < 4.78 is 0. The average Bonchev–Trinajstić information content (AvgIpc) is 2.29. The molecule has 0 aliphatic rings. The van der Waals surface area contributed by atoms with Crippen LogP contribution in [0.15, 0.2) is 30.6 Å². The molecule has 86 valence electrons. The molecule has 2 rings (SSSR count). The van der Waals surface area contributed by atoms with E-state index >= 15 is 0 Å². The second-order valence-electron chi connectivity index (χ2n) is 3.40. The van der Waals surface area contributed by atoms with Crippen molar-refractivity contribution in [3.63, 3.8) is 0 Å². The number of hydrogen-bond acceptors (Lipinski definition) is 5. The van der Waals surface area contributed by atoms with Crippen LogP contribution in [0.25, 0.3) is 0 Å². The minimum atomic E-state index is 0.178. The third kappa shape index (κ3) is 2.19. The fraction of sp³-hybridized carbons (Fsp3) is 0. The van der Waals surface area contributed by atoms with E-state index in [0.29, 0.717) is 16.1 Å². The maximum absolute atomic E-state index is 8.04. The van der Waals surface area contributed by atoms with Gasteiger partial charge in [0, 0.05) is 10.6 Å². The van der Waals surface area contributed by atoms with Gasteiger partial charge in [0.25, 0.3) is 0 Å². The summed E-state index contributed by atoms with van der Waals surface area (Å²) in [4.78, 5) is 7.65. The lowest BCUT2D eigenvalue weighted by molar-refractivity contribution is 1.17. The molecule has 2 aromatic rings. The molecule has 0 aliphatic heterocycles. The van der Waals surface area contributed by atoms with Crippen molar-refractivity contribution in [3.8, 4) is 0 Å². The lowest BCUT2D eigenvalue weighted by Crippen LogP contribution is -2.11. The summed E-state index contributed by atoms with van der Waals surface area (Å²) in [6.07, 6.45) is 1.27. The van der Waals surface area contributed by atoms with Crippen molar-refractivity contribution < 1.29 is 0 Å². The first-order valence-corrected chi connectivity index (χ1v) is 5.18. The fourth-order valence-electron chi connectivity index (χ4n) is 1.43. The van der Waals surface area contributed by atoms with Crippen molar-refractivity contribution in [1.29, 1.82) is 5.41 Å². The molecular formula is C11H10ClN5. The van der Waals surface area contributed by atoms with Crippen LogP contribution in [-0.2, 0) is 0 Å². The zero-order chi connectivity index (χ0) is 12.4. The van der Waals surface area contributed by atoms with Crippen molar-refractivity contribution in [2.75, 3.05) is 11.5 Å². The summed E-state index contributed by atoms with van der Waals surface area (Å²) in [5, 5.41) is 8.64. The topological polar surface area (TPSA) is 102 Å². The van der Waals surface area contributed by atoms with Crippen LogP contribution in [-0.4, -0.2) is 15.7 Å². The van der Waals surface area contributed by atoms with E-state index < -0.39 is 0 Å². The molecule has 0 amide bonds. The van der Waals surface area contributed by atoms with Gasteiger partial charge >= 0.3 is 0 Å². The average molecular weight is 248 g/mol. The third-order valence-electron chi connectivity index (χ3n) is 2.29. The van der Waals surface area contributed by atoms with Crippen molar-refractivity contribution in [2.45, 2.75) is 0 Å². The van der Waals surface area contributed by atoms with E-state index in [1.165, 1.54) is 6.33 Å². The molecule has 0 fully saturated rings. The standard InChI is InChI=1S/C11H10ClN5/c12-7-3-1-6(2-4-7)9(13)8-10(14)16-5-17-11(8)15/h1-5,13H,(H4,14,15,16,17). The molecule has 1 aromatic heterocycles. The first-order chi connectivity index (χ1) is 8.09. The van der Waals surface area contributed by atoms with Crippen LogP contribution in [0, 0.1) is 5.41 Å². The largest absolute Gasteiger partial charge is 0.383 e. The first kappa shape index (κ1) is 11.3. The molecule has 17 heavy (non-hydrogen) atoms. The van der Waals surface area contributed by atoms with Gasteiger partial charge in [-0.05, 0) is 12.1 Å². The Kier molecular flexibility index (Phi) is 2.93. The number of hydrogen-bond donors (Lipinski definition) is 3. The Hall–Kier alpha value is -2.14. The maximum atomic E-state index is 8.04. The van der Waals surface area contributed by atoms with Gasteiger partial charge in [-0.25, -0.2) is 9.97 Å². The number of nitrogens with one attached hydrogen (secondary N) is 1. The predicted molar refractivity (Wildman–Crippen MR) is 68.2 cm³/mol. The van der Waals surface area contributed by atoms with Crippen LogP contribution in [0.4, 0.5) is 11.6 Å². The van der Waals surface area contributed by atoms with Crippen molar-refractivity contribution >= 4 is 28.9 Å². The highest BCUT2D eigenvalue weighted by atomic mass is 35.5. The summed E-state index contributed by atoms with van der Waals surface area (Å²) in [5.74, 6) is 0.384. The molecular weight excluding hydrogens is 238 g/mol. The van der Waals surface area contributed by atoms with Gasteiger partial charge in [-0.3, -0.25) is 5.41 Å². The molecule has 0 saturated heterocycles. The summed E-state index contributed by atoms with van der Waals surface area (Å²) in [6, 6.07) is 6.83. The van der Waals surface area contributed by atoms with Gasteiger partial charge < -0.3 is 11.5 Å². The fourth-order valence-corrected chi connectivity index (χ4v) is 1.56. The molecule has 0 spiro atoms. The Morgan fingerprint density at radius 1 is 1.06 bits per heavy atom. The van der Waals surface area contributed by atoms with E-state index in [0.717, 1.165) is 0 Å². The maximum Gasteiger partial charge on any atom is 0.138 e. The van der Waals surface area contributed by atoms with Crippen molar-refractivity contribution in [1.82, 2.24) is 9.97 Å². The Labute approximate surface area is 103 Å². The van der Waals surface area contributed by atoms with Crippen LogP contribution in [0.2, 0.25) is 5.02 Å². The molecule has 6 heteroatoms. The first-order valence-electron chi connectivity index (χ1n) is 4.80.